The molecule has 0 aromatic carbocycles. The van der Waals surface area contributed by atoms with Gasteiger partial charge in [0.05, 0.1) is 6.10 Å². The zero-order valence-corrected chi connectivity index (χ0v) is 10.3. The molecule has 1 fully saturated rings. The highest BCUT2D eigenvalue weighted by Crippen LogP contribution is 2.28. The van der Waals surface area contributed by atoms with E-state index in [0.717, 1.165) is 13.1 Å². The maximum absolute atomic E-state index is 10.4. The summed E-state index contributed by atoms with van der Waals surface area (Å²) >= 11 is 0. The summed E-state index contributed by atoms with van der Waals surface area (Å²) in [6, 6.07) is 0. The second-order valence-corrected chi connectivity index (χ2v) is 4.55. The molecule has 1 atom stereocenters. The van der Waals surface area contributed by atoms with Crippen molar-refractivity contribution in [1.82, 2.24) is 15.5 Å². The lowest BCUT2D eigenvalue weighted by atomic mass is 9.92. The van der Waals surface area contributed by atoms with Crippen molar-refractivity contribution in [2.24, 2.45) is 0 Å². The van der Waals surface area contributed by atoms with Crippen molar-refractivity contribution in [1.29, 1.82) is 0 Å². The molecule has 2 heterocycles. The molecule has 1 aliphatic rings. The number of methoxy groups -OCH3 is 1. The molecule has 2 rings (SSSR count). The smallest absolute Gasteiger partial charge is 0.258 e. The molecular weight excluding hydrogens is 222 g/mol. The number of nitrogens with zero attached hydrogens (tertiary/aromatic N) is 2. The van der Waals surface area contributed by atoms with E-state index < -0.39 is 5.60 Å². The van der Waals surface area contributed by atoms with Crippen LogP contribution in [0.25, 0.3) is 0 Å². The van der Waals surface area contributed by atoms with Crippen molar-refractivity contribution < 1.29 is 14.4 Å². The van der Waals surface area contributed by atoms with Crippen molar-refractivity contribution in [2.75, 3.05) is 20.2 Å². The number of aromatic nitrogens is 2. The topological polar surface area (TPSA) is 80.4 Å². The summed E-state index contributed by atoms with van der Waals surface area (Å²) in [7, 11) is 1.64. The van der Waals surface area contributed by atoms with Crippen LogP contribution in [0.2, 0.25) is 0 Å². The van der Waals surface area contributed by atoms with Gasteiger partial charge in [0.2, 0.25) is 0 Å². The zero-order chi connectivity index (χ0) is 12.3. The first kappa shape index (κ1) is 12.5. The minimum atomic E-state index is -0.965. The van der Waals surface area contributed by atoms with Gasteiger partial charge in [-0.05, 0) is 32.9 Å². The minimum absolute atomic E-state index is 0.0446. The maximum atomic E-state index is 10.4. The van der Waals surface area contributed by atoms with Crippen molar-refractivity contribution in [3.8, 4) is 0 Å². The molecule has 6 nitrogen and oxygen atoms in total. The van der Waals surface area contributed by atoms with Gasteiger partial charge in [0.15, 0.2) is 5.82 Å². The monoisotopic (exact) mass is 241 g/mol. The summed E-state index contributed by atoms with van der Waals surface area (Å²) in [6.45, 7) is 3.47. The van der Waals surface area contributed by atoms with E-state index in [1.165, 1.54) is 0 Å². The Bertz CT molecular complexity index is 361. The van der Waals surface area contributed by atoms with Crippen LogP contribution in [0.15, 0.2) is 4.52 Å². The van der Waals surface area contributed by atoms with Gasteiger partial charge in [-0.25, -0.2) is 0 Å². The third kappa shape index (κ3) is 2.83. The molecule has 1 aliphatic heterocycles. The van der Waals surface area contributed by atoms with Crippen LogP contribution < -0.4 is 5.32 Å². The van der Waals surface area contributed by atoms with E-state index in [-0.39, 0.29) is 6.10 Å². The highest BCUT2D eigenvalue weighted by atomic mass is 16.5. The van der Waals surface area contributed by atoms with Gasteiger partial charge in [0.25, 0.3) is 5.89 Å². The largest absolute Gasteiger partial charge is 0.381 e. The maximum Gasteiger partial charge on any atom is 0.258 e. The highest BCUT2D eigenvalue weighted by Gasteiger charge is 2.36. The second kappa shape index (κ2) is 5.12. The summed E-state index contributed by atoms with van der Waals surface area (Å²) < 4.78 is 10.3. The molecule has 0 spiro atoms. The average molecular weight is 241 g/mol. The van der Waals surface area contributed by atoms with Crippen LogP contribution in [-0.2, 0) is 16.8 Å². The van der Waals surface area contributed by atoms with E-state index in [9.17, 15) is 5.11 Å². The number of aliphatic hydroxyl groups is 1. The van der Waals surface area contributed by atoms with E-state index in [0.29, 0.717) is 31.0 Å². The van der Waals surface area contributed by atoms with Gasteiger partial charge in [-0.15, -0.1) is 0 Å². The van der Waals surface area contributed by atoms with Gasteiger partial charge in [-0.3, -0.25) is 0 Å². The van der Waals surface area contributed by atoms with Crippen LogP contribution in [0.4, 0.5) is 0 Å². The molecule has 0 saturated carbocycles. The molecule has 0 amide bonds. The molecule has 17 heavy (non-hydrogen) atoms. The first-order chi connectivity index (χ1) is 8.14. The van der Waals surface area contributed by atoms with Crippen LogP contribution in [-0.4, -0.2) is 41.6 Å². The predicted molar refractivity (Wildman–Crippen MR) is 60.5 cm³/mol. The molecule has 1 unspecified atom stereocenters. The number of hydrogen-bond acceptors (Lipinski definition) is 6. The van der Waals surface area contributed by atoms with E-state index in [2.05, 4.69) is 15.5 Å². The Morgan fingerprint density at radius 1 is 1.53 bits per heavy atom. The zero-order valence-electron chi connectivity index (χ0n) is 10.3. The Kier molecular flexibility index (Phi) is 3.76. The van der Waals surface area contributed by atoms with Gasteiger partial charge in [-0.2, -0.15) is 4.98 Å². The molecule has 1 aromatic heterocycles. The Morgan fingerprint density at radius 2 is 2.24 bits per heavy atom. The number of nitrogens with one attached hydrogen (secondary N) is 1. The summed E-state index contributed by atoms with van der Waals surface area (Å²) in [4.78, 5) is 4.26. The first-order valence-electron chi connectivity index (χ1n) is 5.93. The van der Waals surface area contributed by atoms with Gasteiger partial charge < -0.3 is 19.7 Å². The summed E-state index contributed by atoms with van der Waals surface area (Å²) in [5.74, 6) is 0.915. The standard InChI is InChI=1S/C11H19N3O3/c1-8(16-2)7-9-13-10(17-14-9)11(15)3-5-12-6-4-11/h8,12,15H,3-7H2,1-2H3. The molecule has 0 radical (unpaired) electrons. The Balaban J connectivity index is 2.06. The molecular formula is C11H19N3O3. The van der Waals surface area contributed by atoms with Crippen molar-refractivity contribution in [3.63, 3.8) is 0 Å². The molecule has 0 aliphatic carbocycles. The number of piperidine rings is 1. The fraction of sp³-hybridized carbons (Fsp3) is 0.818. The van der Waals surface area contributed by atoms with Gasteiger partial charge in [0.1, 0.15) is 5.60 Å². The van der Waals surface area contributed by atoms with Crippen molar-refractivity contribution >= 4 is 0 Å². The molecule has 1 aromatic rings. The molecule has 6 heteroatoms. The normalized spacial score (nSPS) is 21.4. The van der Waals surface area contributed by atoms with Crippen molar-refractivity contribution in [3.05, 3.63) is 11.7 Å². The fourth-order valence-corrected chi connectivity index (χ4v) is 1.92. The number of rotatable bonds is 4. The van der Waals surface area contributed by atoms with E-state index in [1.54, 1.807) is 7.11 Å². The quantitative estimate of drug-likeness (QED) is 0.785. The summed E-state index contributed by atoms with van der Waals surface area (Å²) in [5.41, 5.74) is -0.965. The summed E-state index contributed by atoms with van der Waals surface area (Å²) in [6.07, 6.45) is 1.85. The lowest BCUT2D eigenvalue weighted by molar-refractivity contribution is -0.0228. The number of ether oxygens (including phenoxy) is 1. The Labute approximate surface area is 100 Å². The molecule has 0 bridgehead atoms. The highest BCUT2D eigenvalue weighted by molar-refractivity contribution is 5.01. The molecule has 2 N–H and O–H groups in total. The van der Waals surface area contributed by atoms with Crippen LogP contribution in [0.5, 0.6) is 0 Å². The minimum Gasteiger partial charge on any atom is -0.381 e. The second-order valence-electron chi connectivity index (χ2n) is 4.55. The third-order valence-electron chi connectivity index (χ3n) is 3.17. The average Bonchev–Trinajstić information content (AvgIpc) is 2.79. The van der Waals surface area contributed by atoms with E-state index in [1.807, 2.05) is 6.92 Å². The van der Waals surface area contributed by atoms with Gasteiger partial charge in [0, 0.05) is 13.5 Å². The lowest BCUT2D eigenvalue weighted by Gasteiger charge is -2.28. The summed E-state index contributed by atoms with van der Waals surface area (Å²) in [5, 5.41) is 17.4. The van der Waals surface area contributed by atoms with Crippen LogP contribution >= 0.6 is 0 Å². The van der Waals surface area contributed by atoms with Gasteiger partial charge in [-0.1, -0.05) is 5.16 Å². The van der Waals surface area contributed by atoms with E-state index >= 15 is 0 Å². The lowest BCUT2D eigenvalue weighted by Crippen LogP contribution is -2.40. The van der Waals surface area contributed by atoms with Crippen LogP contribution in [0.3, 0.4) is 0 Å². The van der Waals surface area contributed by atoms with E-state index in [4.69, 9.17) is 9.26 Å². The van der Waals surface area contributed by atoms with Crippen molar-refractivity contribution in [2.45, 2.75) is 37.9 Å². The Hall–Kier alpha value is -0.980. The SMILES string of the molecule is COC(C)Cc1noc(C2(O)CCNCC2)n1. The fourth-order valence-electron chi connectivity index (χ4n) is 1.92. The van der Waals surface area contributed by atoms with Gasteiger partial charge >= 0.3 is 0 Å². The number of hydrogen-bond donors (Lipinski definition) is 2. The molecule has 96 valence electrons. The first-order valence-corrected chi connectivity index (χ1v) is 5.93. The van der Waals surface area contributed by atoms with Crippen LogP contribution in [0.1, 0.15) is 31.5 Å². The predicted octanol–water partition coefficient (Wildman–Crippen LogP) is 0.218. The third-order valence-corrected chi connectivity index (χ3v) is 3.17. The molecule has 1 saturated heterocycles. The Morgan fingerprint density at radius 3 is 2.88 bits per heavy atom. The van der Waals surface area contributed by atoms with Crippen LogP contribution in [0, 0.1) is 0 Å².